The molecule has 0 saturated carbocycles. The van der Waals surface area contributed by atoms with Gasteiger partial charge >= 0.3 is 0 Å². The molecule has 1 aliphatic rings. The van der Waals surface area contributed by atoms with Gasteiger partial charge in [0, 0.05) is 32.7 Å². The molecule has 1 heterocycles. The summed E-state index contributed by atoms with van der Waals surface area (Å²) in [5.41, 5.74) is 7.93. The SMILES string of the molecule is CN(C)c1cccc(C2CCCN2C(=O)CCCN)c1. The second-order valence-electron chi connectivity index (χ2n) is 5.63. The number of rotatable bonds is 5. The average Bonchev–Trinajstić information content (AvgIpc) is 2.94. The fourth-order valence-electron chi connectivity index (χ4n) is 2.82. The lowest BCUT2D eigenvalue weighted by Gasteiger charge is -2.26. The molecule has 0 aliphatic carbocycles. The van der Waals surface area contributed by atoms with Crippen molar-refractivity contribution < 1.29 is 4.79 Å². The molecule has 110 valence electrons. The monoisotopic (exact) mass is 275 g/mol. The van der Waals surface area contributed by atoms with Crippen LogP contribution in [0.4, 0.5) is 5.69 Å². The normalized spacial score (nSPS) is 18.4. The first-order valence-corrected chi connectivity index (χ1v) is 7.40. The number of carbonyl (C=O) groups excluding carboxylic acids is 1. The van der Waals surface area contributed by atoms with Crippen molar-refractivity contribution in [1.29, 1.82) is 0 Å². The molecule has 20 heavy (non-hydrogen) atoms. The van der Waals surface area contributed by atoms with Crippen molar-refractivity contribution in [1.82, 2.24) is 4.90 Å². The molecule has 0 radical (unpaired) electrons. The molecule has 0 aromatic heterocycles. The van der Waals surface area contributed by atoms with Crippen LogP contribution in [0.2, 0.25) is 0 Å². The summed E-state index contributed by atoms with van der Waals surface area (Å²) in [6.07, 6.45) is 3.50. The maximum atomic E-state index is 12.3. The standard InChI is InChI=1S/C16H25N3O/c1-18(2)14-7-3-6-13(12-14)15-8-5-11-19(15)16(20)9-4-10-17/h3,6-7,12,15H,4-5,8-11,17H2,1-2H3. The summed E-state index contributed by atoms with van der Waals surface area (Å²) in [6, 6.07) is 8.73. The number of hydrogen-bond donors (Lipinski definition) is 1. The molecule has 1 unspecified atom stereocenters. The van der Waals surface area contributed by atoms with E-state index in [0.717, 1.165) is 25.8 Å². The van der Waals surface area contributed by atoms with Gasteiger partial charge in [-0.05, 0) is 43.5 Å². The van der Waals surface area contributed by atoms with Gasteiger partial charge in [0.1, 0.15) is 0 Å². The average molecular weight is 275 g/mol. The Balaban J connectivity index is 2.14. The van der Waals surface area contributed by atoms with Gasteiger partial charge in [0.25, 0.3) is 0 Å². The Kier molecular flexibility index (Phi) is 5.01. The van der Waals surface area contributed by atoms with E-state index in [4.69, 9.17) is 5.73 Å². The van der Waals surface area contributed by atoms with E-state index in [9.17, 15) is 4.79 Å². The van der Waals surface area contributed by atoms with Crippen LogP contribution in [-0.2, 0) is 4.79 Å². The molecular formula is C16H25N3O. The molecule has 0 bridgehead atoms. The Bertz CT molecular complexity index is 459. The van der Waals surface area contributed by atoms with Crippen molar-refractivity contribution in [2.45, 2.75) is 31.7 Å². The Hall–Kier alpha value is -1.55. The zero-order chi connectivity index (χ0) is 14.5. The van der Waals surface area contributed by atoms with Gasteiger partial charge in [-0.15, -0.1) is 0 Å². The largest absolute Gasteiger partial charge is 0.378 e. The molecule has 1 aromatic rings. The van der Waals surface area contributed by atoms with Crippen LogP contribution < -0.4 is 10.6 Å². The van der Waals surface area contributed by atoms with Crippen molar-refractivity contribution in [3.8, 4) is 0 Å². The molecule has 1 saturated heterocycles. The molecule has 2 rings (SSSR count). The number of nitrogens with zero attached hydrogens (tertiary/aromatic N) is 2. The summed E-state index contributed by atoms with van der Waals surface area (Å²) in [5.74, 6) is 0.244. The van der Waals surface area contributed by atoms with Crippen molar-refractivity contribution in [2.75, 3.05) is 32.1 Å². The van der Waals surface area contributed by atoms with E-state index < -0.39 is 0 Å². The lowest BCUT2D eigenvalue weighted by molar-refractivity contribution is -0.132. The summed E-state index contributed by atoms with van der Waals surface area (Å²) in [6.45, 7) is 1.46. The highest BCUT2D eigenvalue weighted by atomic mass is 16.2. The lowest BCUT2D eigenvalue weighted by atomic mass is 10.0. The third-order valence-electron chi connectivity index (χ3n) is 3.94. The molecular weight excluding hydrogens is 250 g/mol. The van der Waals surface area contributed by atoms with Crippen molar-refractivity contribution in [2.24, 2.45) is 5.73 Å². The van der Waals surface area contributed by atoms with Gasteiger partial charge in [0.05, 0.1) is 6.04 Å². The van der Waals surface area contributed by atoms with Crippen molar-refractivity contribution in [3.63, 3.8) is 0 Å². The second-order valence-corrected chi connectivity index (χ2v) is 5.63. The van der Waals surface area contributed by atoms with Crippen LogP contribution >= 0.6 is 0 Å². The minimum atomic E-state index is 0.236. The number of anilines is 1. The van der Waals surface area contributed by atoms with Gasteiger partial charge < -0.3 is 15.5 Å². The highest BCUT2D eigenvalue weighted by Crippen LogP contribution is 2.33. The Morgan fingerprint density at radius 3 is 2.95 bits per heavy atom. The topological polar surface area (TPSA) is 49.6 Å². The van der Waals surface area contributed by atoms with Crippen LogP contribution in [0.5, 0.6) is 0 Å². The van der Waals surface area contributed by atoms with Crippen LogP contribution in [0.1, 0.15) is 37.3 Å². The summed E-state index contributed by atoms with van der Waals surface area (Å²) >= 11 is 0. The van der Waals surface area contributed by atoms with Gasteiger partial charge in [0.15, 0.2) is 0 Å². The molecule has 4 heteroatoms. The Labute approximate surface area is 121 Å². The van der Waals surface area contributed by atoms with E-state index in [1.807, 2.05) is 19.0 Å². The van der Waals surface area contributed by atoms with E-state index in [2.05, 4.69) is 29.2 Å². The van der Waals surface area contributed by atoms with Crippen molar-refractivity contribution >= 4 is 11.6 Å². The summed E-state index contributed by atoms with van der Waals surface area (Å²) in [4.78, 5) is 16.4. The van der Waals surface area contributed by atoms with Gasteiger partial charge in [0.2, 0.25) is 5.91 Å². The first-order valence-electron chi connectivity index (χ1n) is 7.40. The predicted molar refractivity (Wildman–Crippen MR) is 82.7 cm³/mol. The van der Waals surface area contributed by atoms with Gasteiger partial charge in [-0.2, -0.15) is 0 Å². The highest BCUT2D eigenvalue weighted by Gasteiger charge is 2.29. The number of hydrogen-bond acceptors (Lipinski definition) is 3. The predicted octanol–water partition coefficient (Wildman–Crippen LogP) is 2.16. The minimum absolute atomic E-state index is 0.236. The van der Waals surface area contributed by atoms with Crippen LogP contribution in [-0.4, -0.2) is 38.0 Å². The van der Waals surface area contributed by atoms with Crippen molar-refractivity contribution in [3.05, 3.63) is 29.8 Å². The summed E-state index contributed by atoms with van der Waals surface area (Å²) in [7, 11) is 4.08. The lowest BCUT2D eigenvalue weighted by Crippen LogP contribution is -2.30. The number of nitrogens with two attached hydrogens (primary N) is 1. The van der Waals surface area contributed by atoms with Crippen LogP contribution in [0.25, 0.3) is 0 Å². The van der Waals surface area contributed by atoms with E-state index in [-0.39, 0.29) is 11.9 Å². The smallest absolute Gasteiger partial charge is 0.223 e. The van der Waals surface area contributed by atoms with E-state index in [1.165, 1.54) is 11.3 Å². The molecule has 1 aliphatic heterocycles. The third-order valence-corrected chi connectivity index (χ3v) is 3.94. The first-order chi connectivity index (χ1) is 9.63. The second kappa shape index (κ2) is 6.75. The van der Waals surface area contributed by atoms with Gasteiger partial charge in [-0.1, -0.05) is 12.1 Å². The Morgan fingerprint density at radius 1 is 1.45 bits per heavy atom. The van der Waals surface area contributed by atoms with E-state index >= 15 is 0 Å². The maximum Gasteiger partial charge on any atom is 0.223 e. The number of benzene rings is 1. The zero-order valence-electron chi connectivity index (χ0n) is 12.5. The molecule has 1 fully saturated rings. The quantitative estimate of drug-likeness (QED) is 0.896. The fraction of sp³-hybridized carbons (Fsp3) is 0.562. The molecule has 1 atom stereocenters. The van der Waals surface area contributed by atoms with Gasteiger partial charge in [-0.25, -0.2) is 0 Å². The highest BCUT2D eigenvalue weighted by molar-refractivity contribution is 5.77. The number of carbonyl (C=O) groups is 1. The molecule has 4 nitrogen and oxygen atoms in total. The third kappa shape index (κ3) is 3.31. The molecule has 1 amide bonds. The maximum absolute atomic E-state index is 12.3. The molecule has 0 spiro atoms. The van der Waals surface area contributed by atoms with Gasteiger partial charge in [-0.3, -0.25) is 4.79 Å². The van der Waals surface area contributed by atoms with E-state index in [1.54, 1.807) is 0 Å². The fourth-order valence-corrected chi connectivity index (χ4v) is 2.82. The molecule has 2 N–H and O–H groups in total. The summed E-state index contributed by atoms with van der Waals surface area (Å²) in [5, 5.41) is 0. The Morgan fingerprint density at radius 2 is 2.25 bits per heavy atom. The number of likely N-dealkylation sites (tertiary alicyclic amines) is 1. The summed E-state index contributed by atoms with van der Waals surface area (Å²) < 4.78 is 0. The zero-order valence-corrected chi connectivity index (χ0v) is 12.5. The first kappa shape index (κ1) is 14.9. The van der Waals surface area contributed by atoms with Crippen LogP contribution in [0, 0.1) is 0 Å². The minimum Gasteiger partial charge on any atom is -0.378 e. The molecule has 1 aromatic carbocycles. The number of amides is 1. The van der Waals surface area contributed by atoms with Crippen LogP contribution in [0.15, 0.2) is 24.3 Å². The van der Waals surface area contributed by atoms with E-state index in [0.29, 0.717) is 13.0 Å². The van der Waals surface area contributed by atoms with Crippen LogP contribution in [0.3, 0.4) is 0 Å².